The van der Waals surface area contributed by atoms with Crippen LogP contribution < -0.4 is 4.74 Å². The first-order chi connectivity index (χ1) is 9.79. The first-order valence-corrected chi connectivity index (χ1v) is 6.77. The number of nitrogens with zero attached hydrogens (tertiary/aromatic N) is 2. The van der Waals surface area contributed by atoms with Crippen LogP contribution in [0.1, 0.15) is 12.0 Å². The van der Waals surface area contributed by atoms with Crippen molar-refractivity contribution in [3.8, 4) is 17.6 Å². The standard InChI is InChI=1S/C15H14ClFN2O/c16-7-2-1-4-13-12-14(17)5-6-15(13)20-11-10-19-9-3-8-18-19/h3,5-6,8-9,12H,2,7,10-11H2. The monoisotopic (exact) mass is 292 g/mol. The van der Waals surface area contributed by atoms with Crippen LogP contribution in [-0.2, 0) is 6.54 Å². The van der Waals surface area contributed by atoms with Gasteiger partial charge in [-0.1, -0.05) is 11.8 Å². The van der Waals surface area contributed by atoms with Crippen molar-refractivity contribution in [2.24, 2.45) is 0 Å². The summed E-state index contributed by atoms with van der Waals surface area (Å²) in [6, 6.07) is 6.16. The lowest BCUT2D eigenvalue weighted by Crippen LogP contribution is -2.09. The van der Waals surface area contributed by atoms with Gasteiger partial charge in [0.15, 0.2) is 0 Å². The van der Waals surface area contributed by atoms with Gasteiger partial charge in [0.2, 0.25) is 0 Å². The van der Waals surface area contributed by atoms with E-state index in [-0.39, 0.29) is 5.82 Å². The zero-order valence-electron chi connectivity index (χ0n) is 10.9. The van der Waals surface area contributed by atoms with Crippen LogP contribution in [0.25, 0.3) is 0 Å². The Morgan fingerprint density at radius 1 is 1.40 bits per heavy atom. The Hall–Kier alpha value is -1.99. The van der Waals surface area contributed by atoms with Crippen LogP contribution in [0.2, 0.25) is 0 Å². The summed E-state index contributed by atoms with van der Waals surface area (Å²) in [7, 11) is 0. The molecule has 1 aromatic carbocycles. The van der Waals surface area contributed by atoms with E-state index in [1.165, 1.54) is 12.1 Å². The molecule has 5 heteroatoms. The van der Waals surface area contributed by atoms with Crippen LogP contribution in [0.15, 0.2) is 36.7 Å². The third kappa shape index (κ3) is 4.29. The molecule has 2 rings (SSSR count). The van der Waals surface area contributed by atoms with Gasteiger partial charge in [0, 0.05) is 24.7 Å². The highest BCUT2D eigenvalue weighted by molar-refractivity contribution is 6.18. The summed E-state index contributed by atoms with van der Waals surface area (Å²) >= 11 is 5.56. The summed E-state index contributed by atoms with van der Waals surface area (Å²) < 4.78 is 20.6. The van der Waals surface area contributed by atoms with Crippen molar-refractivity contribution in [3.63, 3.8) is 0 Å². The fourth-order valence-electron chi connectivity index (χ4n) is 1.61. The molecule has 1 aromatic heterocycles. The summed E-state index contributed by atoms with van der Waals surface area (Å²) in [6.45, 7) is 1.07. The molecule has 20 heavy (non-hydrogen) atoms. The molecule has 104 valence electrons. The van der Waals surface area contributed by atoms with E-state index in [0.29, 0.717) is 36.8 Å². The van der Waals surface area contributed by atoms with E-state index in [4.69, 9.17) is 16.3 Å². The second kappa shape index (κ2) is 7.56. The predicted molar refractivity (Wildman–Crippen MR) is 76.3 cm³/mol. The summed E-state index contributed by atoms with van der Waals surface area (Å²) in [5.41, 5.74) is 0.538. The highest BCUT2D eigenvalue weighted by Crippen LogP contribution is 2.18. The SMILES string of the molecule is Fc1ccc(OCCn2cccn2)c(C#CCCCl)c1. The number of aromatic nitrogens is 2. The Labute approximate surface area is 122 Å². The number of benzene rings is 1. The van der Waals surface area contributed by atoms with E-state index in [1.54, 1.807) is 16.9 Å². The molecule has 0 atom stereocenters. The summed E-state index contributed by atoms with van der Waals surface area (Å²) in [5, 5.41) is 4.08. The second-order valence-corrected chi connectivity index (χ2v) is 4.38. The van der Waals surface area contributed by atoms with Crippen molar-refractivity contribution >= 4 is 11.6 Å². The molecule has 0 aliphatic rings. The van der Waals surface area contributed by atoms with Gasteiger partial charge >= 0.3 is 0 Å². The Kier molecular flexibility index (Phi) is 5.45. The number of hydrogen-bond acceptors (Lipinski definition) is 2. The maximum absolute atomic E-state index is 13.2. The van der Waals surface area contributed by atoms with Crippen LogP contribution in [0, 0.1) is 17.7 Å². The number of alkyl halides is 1. The van der Waals surface area contributed by atoms with Crippen LogP contribution in [0.4, 0.5) is 4.39 Å². The maximum atomic E-state index is 13.2. The van der Waals surface area contributed by atoms with Gasteiger partial charge in [-0.25, -0.2) is 4.39 Å². The number of halogens is 2. The first-order valence-electron chi connectivity index (χ1n) is 6.24. The molecular weight excluding hydrogens is 279 g/mol. The molecule has 2 aromatic rings. The molecular formula is C15H14ClFN2O. The summed E-state index contributed by atoms with van der Waals surface area (Å²) in [5.74, 6) is 6.45. The fourth-order valence-corrected chi connectivity index (χ4v) is 1.71. The van der Waals surface area contributed by atoms with Crippen molar-refractivity contribution in [1.82, 2.24) is 9.78 Å². The Bertz CT molecular complexity index is 602. The minimum Gasteiger partial charge on any atom is -0.490 e. The lowest BCUT2D eigenvalue weighted by molar-refractivity contribution is 0.290. The number of rotatable bonds is 5. The van der Waals surface area contributed by atoms with Crippen molar-refractivity contribution in [2.45, 2.75) is 13.0 Å². The molecule has 0 aliphatic heterocycles. The average Bonchev–Trinajstić information content (AvgIpc) is 2.95. The number of ether oxygens (including phenoxy) is 1. The van der Waals surface area contributed by atoms with E-state index in [2.05, 4.69) is 16.9 Å². The zero-order chi connectivity index (χ0) is 14.2. The van der Waals surface area contributed by atoms with Crippen LogP contribution in [0.5, 0.6) is 5.75 Å². The summed E-state index contributed by atoms with van der Waals surface area (Å²) in [6.07, 6.45) is 4.13. The zero-order valence-corrected chi connectivity index (χ0v) is 11.6. The third-order valence-electron chi connectivity index (χ3n) is 2.52. The molecule has 0 unspecified atom stereocenters. The Balaban J connectivity index is 2.01. The van der Waals surface area contributed by atoms with Crippen molar-refractivity contribution in [1.29, 1.82) is 0 Å². The second-order valence-electron chi connectivity index (χ2n) is 4.00. The van der Waals surface area contributed by atoms with Gasteiger partial charge in [0.1, 0.15) is 18.2 Å². The van der Waals surface area contributed by atoms with Gasteiger partial charge in [0.25, 0.3) is 0 Å². The van der Waals surface area contributed by atoms with Crippen LogP contribution in [-0.4, -0.2) is 22.3 Å². The molecule has 0 saturated carbocycles. The lowest BCUT2D eigenvalue weighted by atomic mass is 10.2. The fraction of sp³-hybridized carbons (Fsp3) is 0.267. The molecule has 3 nitrogen and oxygen atoms in total. The molecule has 0 saturated heterocycles. The predicted octanol–water partition coefficient (Wildman–Crippen LogP) is 3.08. The normalized spacial score (nSPS) is 9.90. The van der Waals surface area contributed by atoms with E-state index in [1.807, 2.05) is 12.3 Å². The van der Waals surface area contributed by atoms with E-state index < -0.39 is 0 Å². The molecule has 0 fully saturated rings. The van der Waals surface area contributed by atoms with Gasteiger partial charge < -0.3 is 4.74 Å². The quantitative estimate of drug-likeness (QED) is 0.625. The molecule has 0 N–H and O–H groups in total. The van der Waals surface area contributed by atoms with Gasteiger partial charge in [-0.15, -0.1) is 11.6 Å². The molecule has 1 heterocycles. The third-order valence-corrected chi connectivity index (χ3v) is 2.71. The molecule has 0 aliphatic carbocycles. The molecule has 0 bridgehead atoms. The Morgan fingerprint density at radius 3 is 3.05 bits per heavy atom. The molecule has 0 spiro atoms. The van der Waals surface area contributed by atoms with Gasteiger partial charge in [-0.2, -0.15) is 5.10 Å². The Morgan fingerprint density at radius 2 is 2.30 bits per heavy atom. The van der Waals surface area contributed by atoms with Gasteiger partial charge in [-0.3, -0.25) is 4.68 Å². The van der Waals surface area contributed by atoms with E-state index in [0.717, 1.165) is 0 Å². The number of hydrogen-bond donors (Lipinski definition) is 0. The first kappa shape index (κ1) is 14.4. The minimum absolute atomic E-state index is 0.334. The van der Waals surface area contributed by atoms with E-state index in [9.17, 15) is 4.39 Å². The van der Waals surface area contributed by atoms with Crippen molar-refractivity contribution in [2.75, 3.05) is 12.5 Å². The lowest BCUT2D eigenvalue weighted by Gasteiger charge is -2.08. The minimum atomic E-state index is -0.334. The van der Waals surface area contributed by atoms with E-state index >= 15 is 0 Å². The van der Waals surface area contributed by atoms with Gasteiger partial charge in [0.05, 0.1) is 12.1 Å². The van der Waals surface area contributed by atoms with Crippen molar-refractivity contribution in [3.05, 3.63) is 48.0 Å². The van der Waals surface area contributed by atoms with Gasteiger partial charge in [-0.05, 0) is 24.3 Å². The summed E-state index contributed by atoms with van der Waals surface area (Å²) in [4.78, 5) is 0. The maximum Gasteiger partial charge on any atom is 0.135 e. The topological polar surface area (TPSA) is 27.1 Å². The highest BCUT2D eigenvalue weighted by atomic mass is 35.5. The average molecular weight is 293 g/mol. The largest absolute Gasteiger partial charge is 0.490 e. The van der Waals surface area contributed by atoms with Crippen molar-refractivity contribution < 1.29 is 9.13 Å². The smallest absolute Gasteiger partial charge is 0.135 e. The highest BCUT2D eigenvalue weighted by Gasteiger charge is 2.03. The molecule has 0 amide bonds. The van der Waals surface area contributed by atoms with Crippen LogP contribution >= 0.6 is 11.6 Å². The molecule has 0 radical (unpaired) electrons. The van der Waals surface area contributed by atoms with Crippen LogP contribution in [0.3, 0.4) is 0 Å².